The minimum absolute atomic E-state index is 0.0343. The highest BCUT2D eigenvalue weighted by Gasteiger charge is 2.29. The van der Waals surface area contributed by atoms with Crippen LogP contribution in [0.2, 0.25) is 10.0 Å². The molecule has 10 heteroatoms. The van der Waals surface area contributed by atoms with Gasteiger partial charge in [-0.2, -0.15) is 5.10 Å². The Morgan fingerprint density at radius 1 is 1.18 bits per heavy atom. The van der Waals surface area contributed by atoms with Crippen LogP contribution in [0, 0.1) is 18.6 Å². The molecule has 180 valence electrons. The number of piperazine rings is 1. The lowest BCUT2D eigenvalue weighted by Crippen LogP contribution is -2.54. The summed E-state index contributed by atoms with van der Waals surface area (Å²) in [5.41, 5.74) is 1.77. The van der Waals surface area contributed by atoms with E-state index in [4.69, 9.17) is 27.9 Å². The number of ether oxygens (including phenoxy) is 1. The normalized spacial score (nSPS) is 16.1. The minimum Gasteiger partial charge on any atom is -0.495 e. The Labute approximate surface area is 206 Å². The van der Waals surface area contributed by atoms with Crippen molar-refractivity contribution >= 4 is 34.8 Å². The fraction of sp³-hybridized carbons (Fsp3) is 0.333. The highest BCUT2D eigenvalue weighted by atomic mass is 35.5. The molecule has 1 fully saturated rings. The second-order valence-electron chi connectivity index (χ2n) is 8.23. The summed E-state index contributed by atoms with van der Waals surface area (Å²) in [6, 6.07) is 8.77. The molecule has 1 atom stereocenters. The molecule has 0 aliphatic carbocycles. The molecule has 0 N–H and O–H groups in total. The number of hydrogen-bond acceptors (Lipinski definition) is 4. The Morgan fingerprint density at radius 2 is 1.94 bits per heavy atom. The van der Waals surface area contributed by atoms with E-state index in [1.165, 1.54) is 10.7 Å². The first kappa shape index (κ1) is 24.3. The van der Waals surface area contributed by atoms with Gasteiger partial charge in [-0.3, -0.25) is 9.48 Å². The zero-order chi connectivity index (χ0) is 24.6. The summed E-state index contributed by atoms with van der Waals surface area (Å²) in [6.45, 7) is 5.47. The maximum Gasteiger partial charge on any atom is 0.244 e. The Morgan fingerprint density at radius 3 is 2.62 bits per heavy atom. The SMILES string of the molecule is COc1cc(N2CCN(C(=O)Cn3nc(-c4ccc(F)cc4F)c(Cl)c3C)C(C)C2)ccc1Cl. The predicted molar refractivity (Wildman–Crippen MR) is 129 cm³/mol. The molecule has 1 unspecified atom stereocenters. The topological polar surface area (TPSA) is 50.6 Å². The fourth-order valence-corrected chi connectivity index (χ4v) is 4.59. The second-order valence-corrected chi connectivity index (χ2v) is 9.02. The number of aromatic nitrogens is 2. The lowest BCUT2D eigenvalue weighted by Gasteiger charge is -2.41. The number of hydrogen-bond donors (Lipinski definition) is 0. The van der Waals surface area contributed by atoms with E-state index in [0.29, 0.717) is 36.1 Å². The van der Waals surface area contributed by atoms with E-state index >= 15 is 0 Å². The molecule has 0 spiro atoms. The number of rotatable bonds is 5. The third-order valence-electron chi connectivity index (χ3n) is 6.05. The molecule has 6 nitrogen and oxygen atoms in total. The fourth-order valence-electron chi connectivity index (χ4n) is 4.16. The zero-order valence-electron chi connectivity index (χ0n) is 19.0. The van der Waals surface area contributed by atoms with Crippen LogP contribution in [-0.4, -0.2) is 53.4 Å². The monoisotopic (exact) mass is 508 g/mol. The molecule has 2 aromatic carbocycles. The highest BCUT2D eigenvalue weighted by molar-refractivity contribution is 6.33. The lowest BCUT2D eigenvalue weighted by molar-refractivity contribution is -0.134. The van der Waals surface area contributed by atoms with Crippen molar-refractivity contribution in [1.82, 2.24) is 14.7 Å². The third-order valence-corrected chi connectivity index (χ3v) is 6.82. The predicted octanol–water partition coefficient (Wildman–Crippen LogP) is 5.19. The molecule has 1 aromatic heterocycles. The van der Waals surface area contributed by atoms with Gasteiger partial charge in [0, 0.05) is 49.1 Å². The molecule has 0 bridgehead atoms. The number of methoxy groups -OCH3 is 1. The number of halogens is 4. The number of anilines is 1. The first-order valence-electron chi connectivity index (χ1n) is 10.8. The van der Waals surface area contributed by atoms with Gasteiger partial charge in [-0.15, -0.1) is 0 Å². The molecule has 1 aliphatic heterocycles. The highest BCUT2D eigenvalue weighted by Crippen LogP contribution is 2.32. The van der Waals surface area contributed by atoms with Crippen molar-refractivity contribution in [3.63, 3.8) is 0 Å². The van der Waals surface area contributed by atoms with Crippen molar-refractivity contribution in [3.8, 4) is 17.0 Å². The number of benzene rings is 2. The molecule has 1 aliphatic rings. The second kappa shape index (κ2) is 9.80. The van der Waals surface area contributed by atoms with Gasteiger partial charge in [0.25, 0.3) is 0 Å². The van der Waals surface area contributed by atoms with E-state index in [2.05, 4.69) is 10.00 Å². The maximum absolute atomic E-state index is 14.3. The molecular formula is C24H24Cl2F2N4O2. The van der Waals surface area contributed by atoms with E-state index in [9.17, 15) is 13.6 Å². The van der Waals surface area contributed by atoms with Crippen LogP contribution in [0.5, 0.6) is 5.75 Å². The smallest absolute Gasteiger partial charge is 0.244 e. The summed E-state index contributed by atoms with van der Waals surface area (Å²) in [4.78, 5) is 17.1. The van der Waals surface area contributed by atoms with Crippen molar-refractivity contribution in [2.24, 2.45) is 0 Å². The van der Waals surface area contributed by atoms with Crippen LogP contribution in [0.25, 0.3) is 11.3 Å². The van der Waals surface area contributed by atoms with Crippen LogP contribution in [-0.2, 0) is 11.3 Å². The van der Waals surface area contributed by atoms with Crippen LogP contribution in [0.4, 0.5) is 14.5 Å². The van der Waals surface area contributed by atoms with E-state index < -0.39 is 11.6 Å². The van der Waals surface area contributed by atoms with Gasteiger partial charge >= 0.3 is 0 Å². The first-order valence-corrected chi connectivity index (χ1v) is 11.5. The quantitative estimate of drug-likeness (QED) is 0.475. The number of amides is 1. The molecule has 0 radical (unpaired) electrons. The summed E-state index contributed by atoms with van der Waals surface area (Å²) >= 11 is 12.5. The number of nitrogens with zero attached hydrogens (tertiary/aromatic N) is 4. The summed E-state index contributed by atoms with van der Waals surface area (Å²) in [7, 11) is 1.57. The van der Waals surface area contributed by atoms with Gasteiger partial charge < -0.3 is 14.5 Å². The van der Waals surface area contributed by atoms with Crippen molar-refractivity contribution in [1.29, 1.82) is 0 Å². The van der Waals surface area contributed by atoms with E-state index in [0.717, 1.165) is 17.8 Å². The Kier molecular flexibility index (Phi) is 7.00. The molecule has 4 rings (SSSR count). The van der Waals surface area contributed by atoms with Crippen LogP contribution < -0.4 is 9.64 Å². The Hall–Kier alpha value is -2.84. The van der Waals surface area contributed by atoms with Gasteiger partial charge in [0.15, 0.2) is 0 Å². The third kappa shape index (κ3) is 4.70. The average Bonchev–Trinajstić information content (AvgIpc) is 3.07. The van der Waals surface area contributed by atoms with Crippen molar-refractivity contribution in [2.75, 3.05) is 31.6 Å². The van der Waals surface area contributed by atoms with Gasteiger partial charge in [0.05, 0.1) is 22.8 Å². The van der Waals surface area contributed by atoms with Crippen molar-refractivity contribution < 1.29 is 18.3 Å². The van der Waals surface area contributed by atoms with E-state index in [1.807, 2.05) is 19.1 Å². The summed E-state index contributed by atoms with van der Waals surface area (Å²) in [5, 5.41) is 5.13. The van der Waals surface area contributed by atoms with Gasteiger partial charge in [-0.05, 0) is 38.1 Å². The Balaban J connectivity index is 1.48. The summed E-state index contributed by atoms with van der Waals surface area (Å²) in [6.07, 6.45) is 0. The largest absolute Gasteiger partial charge is 0.495 e. The molecule has 3 aromatic rings. The molecular weight excluding hydrogens is 485 g/mol. The van der Waals surface area contributed by atoms with Gasteiger partial charge in [0.1, 0.15) is 29.6 Å². The molecule has 34 heavy (non-hydrogen) atoms. The van der Waals surface area contributed by atoms with E-state index in [-0.39, 0.29) is 34.8 Å². The number of carbonyl (C=O) groups excluding carboxylic acids is 1. The van der Waals surface area contributed by atoms with Crippen LogP contribution in [0.15, 0.2) is 36.4 Å². The standard InChI is InChI=1S/C24H24Cl2F2N4O2/c1-14-12-30(17-5-7-19(25)21(11-17)34-3)8-9-31(14)22(33)13-32-15(2)23(26)24(29-32)18-6-4-16(27)10-20(18)28/h4-7,10-11,14H,8-9,12-13H2,1-3H3. The molecule has 2 heterocycles. The van der Waals surface area contributed by atoms with Crippen molar-refractivity contribution in [3.05, 3.63) is 63.8 Å². The molecule has 1 saturated heterocycles. The van der Waals surface area contributed by atoms with Gasteiger partial charge in [-0.1, -0.05) is 23.2 Å². The molecule has 1 amide bonds. The van der Waals surface area contributed by atoms with Crippen LogP contribution >= 0.6 is 23.2 Å². The minimum atomic E-state index is -0.763. The van der Waals surface area contributed by atoms with Crippen LogP contribution in [0.1, 0.15) is 12.6 Å². The molecule has 0 saturated carbocycles. The van der Waals surface area contributed by atoms with Crippen molar-refractivity contribution in [2.45, 2.75) is 26.4 Å². The summed E-state index contributed by atoms with van der Waals surface area (Å²) < 4.78 is 34.3. The summed E-state index contributed by atoms with van der Waals surface area (Å²) in [5.74, 6) is -0.964. The lowest BCUT2D eigenvalue weighted by atomic mass is 10.1. The zero-order valence-corrected chi connectivity index (χ0v) is 20.5. The van der Waals surface area contributed by atoms with Crippen LogP contribution in [0.3, 0.4) is 0 Å². The average molecular weight is 509 g/mol. The Bertz CT molecular complexity index is 1230. The first-order chi connectivity index (χ1) is 16.2. The number of carbonyl (C=O) groups is 1. The van der Waals surface area contributed by atoms with Gasteiger partial charge in [0.2, 0.25) is 5.91 Å². The van der Waals surface area contributed by atoms with E-state index in [1.54, 1.807) is 25.0 Å². The maximum atomic E-state index is 14.3. The van der Waals surface area contributed by atoms with Gasteiger partial charge in [-0.25, -0.2) is 8.78 Å².